The van der Waals surface area contributed by atoms with E-state index >= 15 is 0 Å². The number of nitrogens with one attached hydrogen (secondary N) is 1. The maximum Gasteiger partial charge on any atom is 0.337 e. The number of rotatable bonds is 5. The predicted octanol–water partition coefficient (Wildman–Crippen LogP) is 2.63. The Morgan fingerprint density at radius 1 is 1.18 bits per heavy atom. The molecule has 1 fully saturated rings. The van der Waals surface area contributed by atoms with Gasteiger partial charge in [-0.05, 0) is 42.0 Å². The molecular weight excluding hydrogens is 382 g/mol. The van der Waals surface area contributed by atoms with Crippen LogP contribution in [0.15, 0.2) is 53.6 Å². The molecule has 2 aromatic rings. The van der Waals surface area contributed by atoms with Gasteiger partial charge >= 0.3 is 5.97 Å². The number of anilines is 1. The molecule has 1 heterocycles. The van der Waals surface area contributed by atoms with Gasteiger partial charge in [0.1, 0.15) is 0 Å². The molecule has 0 radical (unpaired) electrons. The monoisotopic (exact) mass is 399 g/mol. The second-order valence-electron chi connectivity index (χ2n) is 6.23. The van der Waals surface area contributed by atoms with Gasteiger partial charge in [0.2, 0.25) is 11.8 Å². The van der Waals surface area contributed by atoms with E-state index in [1.807, 2.05) is 0 Å². The van der Waals surface area contributed by atoms with Crippen molar-refractivity contribution in [1.29, 1.82) is 0 Å². The SMILES string of the molecule is COC(=O)c1ccc(/C=N\NC(=O)[C@H]2CC(=O)N(c3ccc(Cl)cc3)C2)cc1. The van der Waals surface area contributed by atoms with Crippen molar-refractivity contribution in [3.05, 3.63) is 64.7 Å². The highest BCUT2D eigenvalue weighted by Crippen LogP contribution is 2.26. The molecule has 8 heteroatoms. The number of esters is 1. The average Bonchev–Trinajstić information content (AvgIpc) is 3.10. The molecule has 0 aliphatic carbocycles. The third kappa shape index (κ3) is 4.55. The van der Waals surface area contributed by atoms with E-state index in [4.69, 9.17) is 11.6 Å². The summed E-state index contributed by atoms with van der Waals surface area (Å²) in [6.45, 7) is 0.287. The molecule has 144 valence electrons. The number of nitrogens with zero attached hydrogens (tertiary/aromatic N) is 2. The lowest BCUT2D eigenvalue weighted by atomic mass is 10.1. The molecule has 1 saturated heterocycles. The van der Waals surface area contributed by atoms with Gasteiger partial charge < -0.3 is 9.64 Å². The number of hydrogen-bond acceptors (Lipinski definition) is 5. The van der Waals surface area contributed by atoms with Crippen molar-refractivity contribution < 1.29 is 19.1 Å². The van der Waals surface area contributed by atoms with Gasteiger partial charge in [0.15, 0.2) is 0 Å². The van der Waals surface area contributed by atoms with Crippen molar-refractivity contribution in [2.45, 2.75) is 6.42 Å². The van der Waals surface area contributed by atoms with Gasteiger partial charge in [-0.1, -0.05) is 23.7 Å². The van der Waals surface area contributed by atoms with E-state index in [0.717, 1.165) is 0 Å². The molecule has 2 amide bonds. The maximum absolute atomic E-state index is 12.3. The number of amides is 2. The number of halogens is 1. The van der Waals surface area contributed by atoms with Gasteiger partial charge in [0.25, 0.3) is 0 Å². The quantitative estimate of drug-likeness (QED) is 0.475. The van der Waals surface area contributed by atoms with E-state index in [2.05, 4.69) is 15.3 Å². The van der Waals surface area contributed by atoms with Crippen LogP contribution in [-0.2, 0) is 14.3 Å². The summed E-state index contributed by atoms with van der Waals surface area (Å²) in [5.41, 5.74) is 4.30. The molecule has 0 bridgehead atoms. The molecule has 28 heavy (non-hydrogen) atoms. The minimum atomic E-state index is -0.484. The van der Waals surface area contributed by atoms with Crippen LogP contribution < -0.4 is 10.3 Å². The molecule has 0 aromatic heterocycles. The lowest BCUT2D eigenvalue weighted by Gasteiger charge is -2.16. The van der Waals surface area contributed by atoms with Gasteiger partial charge in [0, 0.05) is 23.7 Å². The number of methoxy groups -OCH3 is 1. The molecule has 0 unspecified atom stereocenters. The number of carbonyl (C=O) groups is 3. The zero-order valence-corrected chi connectivity index (χ0v) is 15.8. The first-order valence-electron chi connectivity index (χ1n) is 8.55. The van der Waals surface area contributed by atoms with Crippen molar-refractivity contribution in [2.75, 3.05) is 18.6 Å². The van der Waals surface area contributed by atoms with E-state index in [0.29, 0.717) is 21.8 Å². The molecule has 3 rings (SSSR count). The molecule has 2 aromatic carbocycles. The fourth-order valence-electron chi connectivity index (χ4n) is 2.84. The Kier molecular flexibility index (Phi) is 6.06. The van der Waals surface area contributed by atoms with Crippen LogP contribution in [0, 0.1) is 5.92 Å². The van der Waals surface area contributed by atoms with Crippen LogP contribution in [0.2, 0.25) is 5.02 Å². The number of hydrogen-bond donors (Lipinski definition) is 1. The van der Waals surface area contributed by atoms with Crippen LogP contribution in [0.1, 0.15) is 22.3 Å². The third-order valence-electron chi connectivity index (χ3n) is 4.35. The summed E-state index contributed by atoms with van der Waals surface area (Å²) < 4.78 is 4.63. The minimum Gasteiger partial charge on any atom is -0.465 e. The highest BCUT2D eigenvalue weighted by Gasteiger charge is 2.35. The Morgan fingerprint density at radius 3 is 2.50 bits per heavy atom. The van der Waals surface area contributed by atoms with Gasteiger partial charge in [-0.25, -0.2) is 10.2 Å². The number of ether oxygens (including phenoxy) is 1. The summed E-state index contributed by atoms with van der Waals surface area (Å²) in [4.78, 5) is 37.5. The van der Waals surface area contributed by atoms with E-state index in [1.165, 1.54) is 13.3 Å². The molecule has 1 aliphatic rings. The van der Waals surface area contributed by atoms with Gasteiger partial charge in [-0.2, -0.15) is 5.10 Å². The van der Waals surface area contributed by atoms with E-state index in [-0.39, 0.29) is 24.8 Å². The fraction of sp³-hybridized carbons (Fsp3) is 0.200. The molecule has 1 aliphatic heterocycles. The van der Waals surface area contributed by atoms with E-state index < -0.39 is 11.9 Å². The van der Waals surface area contributed by atoms with Gasteiger partial charge in [0.05, 0.1) is 24.8 Å². The zero-order valence-electron chi connectivity index (χ0n) is 15.1. The summed E-state index contributed by atoms with van der Waals surface area (Å²) >= 11 is 5.87. The van der Waals surface area contributed by atoms with Crippen LogP contribution in [0.25, 0.3) is 0 Å². The van der Waals surface area contributed by atoms with Crippen LogP contribution in [0.5, 0.6) is 0 Å². The standard InChI is InChI=1S/C20H18ClN3O4/c1-28-20(27)14-4-2-13(3-5-14)11-22-23-19(26)15-10-18(25)24(12-15)17-8-6-16(21)7-9-17/h2-9,11,15H,10,12H2,1H3,(H,23,26)/b22-11-/t15-/m0/s1. The predicted molar refractivity (Wildman–Crippen MR) is 105 cm³/mol. The Morgan fingerprint density at radius 2 is 1.86 bits per heavy atom. The first kappa shape index (κ1) is 19.6. The Labute approximate surface area is 166 Å². The van der Waals surface area contributed by atoms with Crippen LogP contribution >= 0.6 is 11.6 Å². The smallest absolute Gasteiger partial charge is 0.337 e. The molecule has 7 nitrogen and oxygen atoms in total. The Balaban J connectivity index is 1.56. The van der Waals surface area contributed by atoms with Crippen molar-refractivity contribution >= 4 is 41.3 Å². The highest BCUT2D eigenvalue weighted by atomic mass is 35.5. The van der Waals surface area contributed by atoms with E-state index in [9.17, 15) is 14.4 Å². The molecular formula is C20H18ClN3O4. The van der Waals surface area contributed by atoms with Crippen LogP contribution in [-0.4, -0.2) is 37.7 Å². The third-order valence-corrected chi connectivity index (χ3v) is 4.61. The number of carbonyl (C=O) groups excluding carboxylic acids is 3. The van der Waals surface area contributed by atoms with Crippen LogP contribution in [0.4, 0.5) is 5.69 Å². The van der Waals surface area contributed by atoms with Crippen molar-refractivity contribution in [1.82, 2.24) is 5.43 Å². The van der Waals surface area contributed by atoms with Crippen molar-refractivity contribution in [3.8, 4) is 0 Å². The second kappa shape index (κ2) is 8.67. The summed E-state index contributed by atoms with van der Waals surface area (Å²) in [6, 6.07) is 13.5. The Hall–Kier alpha value is -3.19. The average molecular weight is 400 g/mol. The first-order valence-corrected chi connectivity index (χ1v) is 8.93. The molecule has 1 atom stereocenters. The minimum absolute atomic E-state index is 0.121. The van der Waals surface area contributed by atoms with E-state index in [1.54, 1.807) is 53.4 Å². The zero-order chi connectivity index (χ0) is 20.1. The van der Waals surface area contributed by atoms with Gasteiger partial charge in [-0.3, -0.25) is 9.59 Å². The lowest BCUT2D eigenvalue weighted by molar-refractivity contribution is -0.126. The molecule has 0 saturated carbocycles. The summed E-state index contributed by atoms with van der Waals surface area (Å²) in [6.07, 6.45) is 1.59. The largest absolute Gasteiger partial charge is 0.465 e. The summed E-state index contributed by atoms with van der Waals surface area (Å²) in [5, 5.41) is 4.51. The second-order valence-corrected chi connectivity index (χ2v) is 6.67. The lowest BCUT2D eigenvalue weighted by Crippen LogP contribution is -2.30. The first-order chi connectivity index (χ1) is 13.5. The summed E-state index contributed by atoms with van der Waals surface area (Å²) in [7, 11) is 1.31. The van der Waals surface area contributed by atoms with Crippen LogP contribution in [0.3, 0.4) is 0 Å². The van der Waals surface area contributed by atoms with Crippen molar-refractivity contribution in [3.63, 3.8) is 0 Å². The maximum atomic E-state index is 12.3. The Bertz CT molecular complexity index is 910. The van der Waals surface area contributed by atoms with Gasteiger partial charge in [-0.15, -0.1) is 0 Å². The fourth-order valence-corrected chi connectivity index (χ4v) is 2.96. The molecule has 1 N–H and O–H groups in total. The topological polar surface area (TPSA) is 88.1 Å². The van der Waals surface area contributed by atoms with Crippen molar-refractivity contribution in [2.24, 2.45) is 11.0 Å². The summed E-state index contributed by atoms with van der Waals surface area (Å²) in [5.74, 6) is -1.35. The highest BCUT2D eigenvalue weighted by molar-refractivity contribution is 6.30. The normalized spacial score (nSPS) is 16.4. The molecule has 0 spiro atoms. The number of benzene rings is 2. The number of hydrazone groups is 1.